The highest BCUT2D eigenvalue weighted by Gasteiger charge is 2.55. The number of carbonyl (C=O) groups is 1. The van der Waals surface area contributed by atoms with Gasteiger partial charge in [0.15, 0.2) is 5.13 Å². The zero-order valence-corrected chi connectivity index (χ0v) is 19.3. The van der Waals surface area contributed by atoms with E-state index >= 15 is 0 Å². The SMILES string of the molecule is CCN1[C@@H]2c3ccc(-c4ccccc4OC)c(=O)n3C[C@@H]2[C@@H](CO)[C@@H]1C(=O)Nc1nccs1. The second-order valence-corrected chi connectivity index (χ2v) is 9.24. The van der Waals surface area contributed by atoms with E-state index in [0.717, 1.165) is 11.3 Å². The summed E-state index contributed by atoms with van der Waals surface area (Å²) in [6.07, 6.45) is 1.65. The average molecular weight is 467 g/mol. The van der Waals surface area contributed by atoms with Gasteiger partial charge in [-0.3, -0.25) is 14.5 Å². The van der Waals surface area contributed by atoms with E-state index < -0.39 is 6.04 Å². The molecular formula is C24H26N4O4S. The van der Waals surface area contributed by atoms with E-state index in [-0.39, 0.29) is 36.0 Å². The number of hydrogen-bond acceptors (Lipinski definition) is 7. The lowest BCUT2D eigenvalue weighted by molar-refractivity contribution is -0.122. The Hall–Kier alpha value is -3.01. The molecule has 8 nitrogen and oxygen atoms in total. The van der Waals surface area contributed by atoms with Gasteiger partial charge in [0.2, 0.25) is 5.91 Å². The van der Waals surface area contributed by atoms with Crippen LogP contribution in [0.1, 0.15) is 18.7 Å². The number of likely N-dealkylation sites (N-methyl/N-ethyl adjacent to an activating group) is 1. The number of aromatic nitrogens is 2. The minimum Gasteiger partial charge on any atom is -0.496 e. The van der Waals surface area contributed by atoms with E-state index in [1.165, 1.54) is 11.3 Å². The molecule has 1 fully saturated rings. The third-order valence-electron chi connectivity index (χ3n) is 6.88. The molecule has 4 atom stereocenters. The predicted octanol–water partition coefficient (Wildman–Crippen LogP) is 2.60. The fourth-order valence-electron chi connectivity index (χ4n) is 5.52. The van der Waals surface area contributed by atoms with Gasteiger partial charge in [0.05, 0.1) is 24.8 Å². The van der Waals surface area contributed by atoms with Crippen molar-refractivity contribution in [3.8, 4) is 16.9 Å². The Kier molecular flexibility index (Phi) is 5.77. The first-order valence-electron chi connectivity index (χ1n) is 11.0. The number of methoxy groups -OCH3 is 1. The number of amides is 1. The maximum absolute atomic E-state index is 13.5. The Morgan fingerprint density at radius 3 is 2.79 bits per heavy atom. The van der Waals surface area contributed by atoms with Gasteiger partial charge in [0.25, 0.3) is 5.56 Å². The number of carbonyl (C=O) groups excluding carboxylic acids is 1. The van der Waals surface area contributed by atoms with Crippen LogP contribution in [0.4, 0.5) is 5.13 Å². The predicted molar refractivity (Wildman–Crippen MR) is 126 cm³/mol. The van der Waals surface area contributed by atoms with Gasteiger partial charge in [0.1, 0.15) is 5.75 Å². The first-order valence-corrected chi connectivity index (χ1v) is 11.9. The third-order valence-corrected chi connectivity index (χ3v) is 7.57. The van der Waals surface area contributed by atoms with E-state index in [4.69, 9.17) is 4.74 Å². The first-order chi connectivity index (χ1) is 16.1. The molecule has 1 aromatic carbocycles. The largest absolute Gasteiger partial charge is 0.496 e. The Morgan fingerprint density at radius 2 is 2.09 bits per heavy atom. The molecule has 2 N–H and O–H groups in total. The fourth-order valence-corrected chi connectivity index (χ4v) is 6.05. The van der Waals surface area contributed by atoms with E-state index in [0.29, 0.717) is 29.5 Å². The van der Waals surface area contributed by atoms with Crippen LogP contribution in [-0.2, 0) is 11.3 Å². The molecule has 0 aliphatic carbocycles. The summed E-state index contributed by atoms with van der Waals surface area (Å²) in [6, 6.07) is 10.7. The number of anilines is 1. The summed E-state index contributed by atoms with van der Waals surface area (Å²) in [5.74, 6) is 0.155. The van der Waals surface area contributed by atoms with Crippen LogP contribution in [0.3, 0.4) is 0 Å². The van der Waals surface area contributed by atoms with Crippen LogP contribution in [0.25, 0.3) is 11.1 Å². The number of nitrogens with one attached hydrogen (secondary N) is 1. The highest BCUT2D eigenvalue weighted by atomic mass is 32.1. The van der Waals surface area contributed by atoms with E-state index in [1.807, 2.05) is 48.7 Å². The molecule has 2 aliphatic rings. The van der Waals surface area contributed by atoms with Crippen molar-refractivity contribution in [2.75, 3.05) is 25.6 Å². The molecule has 0 bridgehead atoms. The van der Waals surface area contributed by atoms with Gasteiger partial charge < -0.3 is 19.7 Å². The summed E-state index contributed by atoms with van der Waals surface area (Å²) < 4.78 is 7.27. The number of nitrogens with zero attached hydrogens (tertiary/aromatic N) is 3. The summed E-state index contributed by atoms with van der Waals surface area (Å²) in [5, 5.41) is 15.5. The number of aliphatic hydroxyl groups excluding tert-OH is 1. The molecule has 172 valence electrons. The maximum Gasteiger partial charge on any atom is 0.258 e. The Morgan fingerprint density at radius 1 is 1.27 bits per heavy atom. The number of rotatable bonds is 6. The van der Waals surface area contributed by atoms with Crippen LogP contribution in [0.15, 0.2) is 52.8 Å². The quantitative estimate of drug-likeness (QED) is 0.580. The van der Waals surface area contributed by atoms with Crippen molar-refractivity contribution in [2.24, 2.45) is 11.8 Å². The molecule has 3 aromatic rings. The van der Waals surface area contributed by atoms with Crippen LogP contribution in [0.2, 0.25) is 0 Å². The van der Waals surface area contributed by atoms with Gasteiger partial charge in [-0.25, -0.2) is 4.98 Å². The lowest BCUT2D eigenvalue weighted by Crippen LogP contribution is -2.45. The Labute approximate surface area is 195 Å². The number of fused-ring (bicyclic) bond motifs is 3. The lowest BCUT2D eigenvalue weighted by Gasteiger charge is -2.29. The van der Waals surface area contributed by atoms with Crippen molar-refractivity contribution < 1.29 is 14.6 Å². The Bertz CT molecular complexity index is 1230. The van der Waals surface area contributed by atoms with Crippen LogP contribution < -0.4 is 15.6 Å². The molecule has 4 heterocycles. The lowest BCUT2D eigenvalue weighted by atomic mass is 9.88. The van der Waals surface area contributed by atoms with Gasteiger partial charge in [-0.1, -0.05) is 25.1 Å². The monoisotopic (exact) mass is 466 g/mol. The van der Waals surface area contributed by atoms with Crippen LogP contribution in [0.5, 0.6) is 5.75 Å². The molecule has 2 aromatic heterocycles. The zero-order chi connectivity index (χ0) is 23.1. The molecule has 9 heteroatoms. The smallest absolute Gasteiger partial charge is 0.258 e. The number of aliphatic hydroxyl groups is 1. The number of ether oxygens (including phenoxy) is 1. The summed E-state index contributed by atoms with van der Waals surface area (Å²) >= 11 is 1.36. The van der Waals surface area contributed by atoms with Crippen molar-refractivity contribution in [3.05, 3.63) is 64.0 Å². The number of para-hydroxylation sites is 1. The number of likely N-dealkylation sites (tertiary alicyclic amines) is 1. The van der Waals surface area contributed by atoms with Crippen LogP contribution in [0, 0.1) is 11.8 Å². The first kappa shape index (κ1) is 21.8. The van der Waals surface area contributed by atoms with Crippen molar-refractivity contribution in [1.82, 2.24) is 14.5 Å². The van der Waals surface area contributed by atoms with Crippen molar-refractivity contribution in [2.45, 2.75) is 25.6 Å². The van der Waals surface area contributed by atoms with Crippen molar-refractivity contribution in [3.63, 3.8) is 0 Å². The fraction of sp³-hybridized carbons (Fsp3) is 0.375. The molecular weight excluding hydrogens is 440 g/mol. The van der Waals surface area contributed by atoms with Crippen LogP contribution in [-0.4, -0.2) is 51.8 Å². The third kappa shape index (κ3) is 3.47. The highest BCUT2D eigenvalue weighted by molar-refractivity contribution is 7.13. The Balaban J connectivity index is 1.52. The number of pyridine rings is 1. The number of hydrogen-bond donors (Lipinski definition) is 2. The van der Waals surface area contributed by atoms with Gasteiger partial charge in [-0.15, -0.1) is 11.3 Å². The molecule has 0 spiro atoms. The molecule has 0 unspecified atom stereocenters. The standard InChI is InChI=1S/C24H26N4O4S/c1-3-27-20-16(17(13-29)21(27)22(30)26-24-25-10-11-33-24)12-28-18(20)9-8-15(23(28)31)14-6-4-5-7-19(14)32-2/h4-11,16-17,20-21,29H,3,12-13H2,1-2H3,(H,25,26,30)/t16-,17-,20+,21-/m1/s1. The van der Waals surface area contributed by atoms with Crippen molar-refractivity contribution >= 4 is 22.4 Å². The zero-order valence-electron chi connectivity index (χ0n) is 18.5. The number of thiazole rings is 1. The van der Waals surface area contributed by atoms with E-state index in [9.17, 15) is 14.7 Å². The minimum atomic E-state index is -0.489. The van der Waals surface area contributed by atoms with Crippen LogP contribution >= 0.6 is 11.3 Å². The maximum atomic E-state index is 13.5. The molecule has 33 heavy (non-hydrogen) atoms. The second-order valence-electron chi connectivity index (χ2n) is 8.34. The topological polar surface area (TPSA) is 96.7 Å². The second kappa shape index (κ2) is 8.74. The van der Waals surface area contributed by atoms with Gasteiger partial charge in [-0.2, -0.15) is 0 Å². The molecule has 2 aliphatic heterocycles. The molecule has 1 amide bonds. The highest BCUT2D eigenvalue weighted by Crippen LogP contribution is 2.49. The molecule has 5 rings (SSSR count). The summed E-state index contributed by atoms with van der Waals surface area (Å²) in [6.45, 7) is 2.96. The number of benzene rings is 1. The minimum absolute atomic E-state index is 0.0392. The van der Waals surface area contributed by atoms with E-state index in [1.54, 1.807) is 17.9 Å². The molecule has 1 saturated heterocycles. The molecule has 0 saturated carbocycles. The van der Waals surface area contributed by atoms with E-state index in [2.05, 4.69) is 15.2 Å². The van der Waals surface area contributed by atoms with Gasteiger partial charge >= 0.3 is 0 Å². The van der Waals surface area contributed by atoms with Gasteiger partial charge in [-0.05, 0) is 24.7 Å². The van der Waals surface area contributed by atoms with Crippen molar-refractivity contribution in [1.29, 1.82) is 0 Å². The summed E-state index contributed by atoms with van der Waals surface area (Å²) in [7, 11) is 1.59. The average Bonchev–Trinajstić information content (AvgIpc) is 3.54. The molecule has 0 radical (unpaired) electrons. The summed E-state index contributed by atoms with van der Waals surface area (Å²) in [5.41, 5.74) is 2.14. The normalized spacial score (nSPS) is 23.8. The summed E-state index contributed by atoms with van der Waals surface area (Å²) in [4.78, 5) is 33.0. The van der Waals surface area contributed by atoms with Gasteiger partial charge in [0, 0.05) is 47.8 Å².